The summed E-state index contributed by atoms with van der Waals surface area (Å²) in [5.41, 5.74) is 8.97. The lowest BCUT2D eigenvalue weighted by molar-refractivity contribution is -0.169. The van der Waals surface area contributed by atoms with Crippen LogP contribution in [0.1, 0.15) is 12.8 Å². The number of nitrogens with zero attached hydrogens (tertiary/aromatic N) is 4. The monoisotopic (exact) mass is 405 g/mol. The van der Waals surface area contributed by atoms with E-state index in [1.165, 1.54) is 0 Å². The molecule has 1 aromatic carbocycles. The summed E-state index contributed by atoms with van der Waals surface area (Å²) < 4.78 is 11.6. The number of hydrogen-bond donors (Lipinski definition) is 2. The van der Waals surface area contributed by atoms with Crippen molar-refractivity contribution in [3.05, 3.63) is 48.7 Å². The van der Waals surface area contributed by atoms with Gasteiger partial charge in [-0.05, 0) is 35.9 Å². The summed E-state index contributed by atoms with van der Waals surface area (Å²) in [6.07, 6.45) is 3.40. The Balaban J connectivity index is 1.43. The number of ether oxygens (including phenoxy) is 2. The van der Waals surface area contributed by atoms with Crippen LogP contribution in [0.15, 0.2) is 48.7 Å². The number of benzene rings is 1. The third-order valence-electron chi connectivity index (χ3n) is 5.72. The quantitative estimate of drug-likeness (QED) is 0.685. The Kier molecular flexibility index (Phi) is 4.72. The van der Waals surface area contributed by atoms with Crippen LogP contribution in [0.3, 0.4) is 0 Å². The molecule has 5 rings (SSSR count). The van der Waals surface area contributed by atoms with Gasteiger partial charge in [-0.25, -0.2) is 4.98 Å². The first-order valence-corrected chi connectivity index (χ1v) is 10.0. The number of phenolic OH excluding ortho intramolecular Hbond substituents is 1. The Bertz CT molecular complexity index is 1060. The van der Waals surface area contributed by atoms with E-state index >= 15 is 0 Å². The number of nitrogens with two attached hydrogens (primary N) is 1. The Labute approximate surface area is 174 Å². The van der Waals surface area contributed by atoms with E-state index in [4.69, 9.17) is 15.2 Å². The zero-order valence-electron chi connectivity index (χ0n) is 16.5. The zero-order chi connectivity index (χ0) is 20.6. The van der Waals surface area contributed by atoms with Gasteiger partial charge in [0.25, 0.3) is 0 Å². The van der Waals surface area contributed by atoms with Crippen molar-refractivity contribution < 1.29 is 14.6 Å². The number of pyridine rings is 1. The molecule has 3 N–H and O–H groups in total. The summed E-state index contributed by atoms with van der Waals surface area (Å²) in [7, 11) is 0. The molecule has 0 bridgehead atoms. The minimum atomic E-state index is -0.417. The van der Waals surface area contributed by atoms with Gasteiger partial charge in [-0.15, -0.1) is 10.2 Å². The summed E-state index contributed by atoms with van der Waals surface area (Å²) in [6.45, 7) is 2.95. The molecular weight excluding hydrogens is 382 g/mol. The topological polar surface area (TPSA) is 107 Å². The van der Waals surface area contributed by atoms with E-state index in [-0.39, 0.29) is 5.75 Å². The number of aromatic nitrogens is 3. The van der Waals surface area contributed by atoms with Crippen LogP contribution in [0.2, 0.25) is 0 Å². The van der Waals surface area contributed by atoms with Gasteiger partial charge in [0.1, 0.15) is 11.6 Å². The molecule has 4 heterocycles. The fourth-order valence-electron chi connectivity index (χ4n) is 4.08. The Morgan fingerprint density at radius 2 is 1.73 bits per heavy atom. The van der Waals surface area contributed by atoms with E-state index in [2.05, 4.69) is 20.1 Å². The number of anilines is 2. The number of rotatable bonds is 3. The highest BCUT2D eigenvalue weighted by molar-refractivity contribution is 5.79. The van der Waals surface area contributed by atoms with Gasteiger partial charge in [-0.1, -0.05) is 12.1 Å². The van der Waals surface area contributed by atoms with Crippen LogP contribution < -0.4 is 10.6 Å². The molecular formula is C22H23N5O3. The third-order valence-corrected chi connectivity index (χ3v) is 5.72. The summed E-state index contributed by atoms with van der Waals surface area (Å²) in [6, 6.07) is 12.8. The van der Waals surface area contributed by atoms with Gasteiger partial charge in [0.2, 0.25) is 0 Å². The van der Waals surface area contributed by atoms with Gasteiger partial charge in [-0.2, -0.15) is 0 Å². The van der Waals surface area contributed by atoms with Crippen LogP contribution in [0.5, 0.6) is 5.75 Å². The second-order valence-corrected chi connectivity index (χ2v) is 7.54. The molecule has 0 unspecified atom stereocenters. The van der Waals surface area contributed by atoms with Crippen LogP contribution in [0.25, 0.3) is 22.4 Å². The first kappa shape index (κ1) is 18.8. The SMILES string of the molecule is Nc1nnc(-c2ccccc2O)cc1-c1ccnc(N2CCC3(CC2)OCCO3)c1. The van der Waals surface area contributed by atoms with E-state index < -0.39 is 5.79 Å². The summed E-state index contributed by atoms with van der Waals surface area (Å²) >= 11 is 0. The highest BCUT2D eigenvalue weighted by Gasteiger charge is 2.40. The summed E-state index contributed by atoms with van der Waals surface area (Å²) in [4.78, 5) is 6.79. The average molecular weight is 405 g/mol. The van der Waals surface area contributed by atoms with Gasteiger partial charge >= 0.3 is 0 Å². The van der Waals surface area contributed by atoms with Gasteiger partial charge in [-0.3, -0.25) is 0 Å². The van der Waals surface area contributed by atoms with Crippen molar-refractivity contribution in [1.29, 1.82) is 0 Å². The Hall–Kier alpha value is -3.23. The second kappa shape index (κ2) is 7.55. The molecule has 0 aliphatic carbocycles. The van der Waals surface area contributed by atoms with Crippen LogP contribution in [0, 0.1) is 0 Å². The van der Waals surface area contributed by atoms with Crippen molar-refractivity contribution in [3.8, 4) is 28.1 Å². The lowest BCUT2D eigenvalue weighted by Gasteiger charge is -2.38. The molecule has 0 amide bonds. The van der Waals surface area contributed by atoms with Crippen molar-refractivity contribution >= 4 is 11.6 Å². The van der Waals surface area contributed by atoms with E-state index in [1.54, 1.807) is 24.4 Å². The van der Waals surface area contributed by atoms with Crippen LogP contribution >= 0.6 is 0 Å². The normalized spacial score (nSPS) is 18.1. The number of phenols is 1. The Morgan fingerprint density at radius 1 is 0.967 bits per heavy atom. The van der Waals surface area contributed by atoms with Crippen molar-refractivity contribution in [2.24, 2.45) is 0 Å². The van der Waals surface area contributed by atoms with Crippen molar-refractivity contribution in [2.75, 3.05) is 36.9 Å². The van der Waals surface area contributed by atoms with Crippen molar-refractivity contribution in [1.82, 2.24) is 15.2 Å². The van der Waals surface area contributed by atoms with E-state index in [0.29, 0.717) is 30.3 Å². The lowest BCUT2D eigenvalue weighted by atomic mass is 10.0. The number of aromatic hydroxyl groups is 1. The molecule has 30 heavy (non-hydrogen) atoms. The fourth-order valence-corrected chi connectivity index (χ4v) is 4.08. The molecule has 1 spiro atoms. The molecule has 8 nitrogen and oxygen atoms in total. The largest absolute Gasteiger partial charge is 0.507 e. The van der Waals surface area contributed by atoms with Gasteiger partial charge < -0.3 is 25.2 Å². The molecule has 0 radical (unpaired) electrons. The average Bonchev–Trinajstić information content (AvgIpc) is 3.23. The standard InChI is InChI=1S/C22H23N5O3/c23-21-17(14-18(25-26-21)16-3-1-2-4-19(16)28)15-5-8-24-20(13-15)27-9-6-22(7-10-27)29-11-12-30-22/h1-5,8,13-14,28H,6-7,9-12H2,(H2,23,26). The number of nitrogen functional groups attached to an aromatic ring is 1. The van der Waals surface area contributed by atoms with Crippen LogP contribution in [0.4, 0.5) is 11.6 Å². The number of hydrogen-bond acceptors (Lipinski definition) is 8. The molecule has 2 saturated heterocycles. The van der Waals surface area contributed by atoms with Crippen molar-refractivity contribution in [2.45, 2.75) is 18.6 Å². The Morgan fingerprint density at radius 3 is 2.50 bits per heavy atom. The predicted molar refractivity (Wildman–Crippen MR) is 113 cm³/mol. The maximum absolute atomic E-state index is 10.2. The van der Waals surface area contributed by atoms with E-state index in [9.17, 15) is 5.11 Å². The lowest BCUT2D eigenvalue weighted by Crippen LogP contribution is -2.45. The maximum atomic E-state index is 10.2. The minimum Gasteiger partial charge on any atom is -0.507 e. The number of piperidine rings is 1. The minimum absolute atomic E-state index is 0.150. The second-order valence-electron chi connectivity index (χ2n) is 7.54. The van der Waals surface area contributed by atoms with Gasteiger partial charge in [0.05, 0.1) is 18.9 Å². The zero-order valence-corrected chi connectivity index (χ0v) is 16.5. The van der Waals surface area contributed by atoms with Gasteiger partial charge in [0, 0.05) is 43.3 Å². The predicted octanol–water partition coefficient (Wildman–Crippen LogP) is 2.84. The summed E-state index contributed by atoms with van der Waals surface area (Å²) in [5, 5.41) is 18.4. The molecule has 3 aromatic rings. The van der Waals surface area contributed by atoms with Gasteiger partial charge in [0.15, 0.2) is 11.6 Å². The smallest absolute Gasteiger partial charge is 0.171 e. The molecule has 8 heteroatoms. The maximum Gasteiger partial charge on any atom is 0.171 e. The van der Waals surface area contributed by atoms with E-state index in [1.807, 2.05) is 24.3 Å². The van der Waals surface area contributed by atoms with Crippen molar-refractivity contribution in [3.63, 3.8) is 0 Å². The van der Waals surface area contributed by atoms with Crippen LogP contribution in [-0.2, 0) is 9.47 Å². The highest BCUT2D eigenvalue weighted by atomic mass is 16.7. The molecule has 2 aliphatic heterocycles. The first-order valence-electron chi connectivity index (χ1n) is 10.0. The fraction of sp³-hybridized carbons (Fsp3) is 0.318. The first-order chi connectivity index (χ1) is 14.6. The number of para-hydroxylation sites is 1. The molecule has 0 atom stereocenters. The third kappa shape index (κ3) is 3.44. The highest BCUT2D eigenvalue weighted by Crippen LogP contribution is 2.35. The molecule has 2 aromatic heterocycles. The van der Waals surface area contributed by atoms with Crippen LogP contribution in [-0.4, -0.2) is 52.4 Å². The van der Waals surface area contributed by atoms with E-state index in [0.717, 1.165) is 42.9 Å². The molecule has 0 saturated carbocycles. The summed E-state index contributed by atoms with van der Waals surface area (Å²) in [5.74, 6) is 0.939. The molecule has 2 aliphatic rings. The molecule has 154 valence electrons. The molecule has 2 fully saturated rings.